The molecule has 0 saturated carbocycles. The second kappa shape index (κ2) is 5.24. The van der Waals surface area contributed by atoms with Crippen molar-refractivity contribution in [2.24, 2.45) is 0 Å². The van der Waals surface area contributed by atoms with Crippen LogP contribution in [0.3, 0.4) is 0 Å². The molecule has 80 valence electrons. The molecule has 15 heavy (non-hydrogen) atoms. The summed E-state index contributed by atoms with van der Waals surface area (Å²) in [6, 6.07) is 2.60. The van der Waals surface area contributed by atoms with Crippen LogP contribution < -0.4 is 0 Å². The second-order valence-corrected chi connectivity index (χ2v) is 3.00. The molecule has 0 bridgehead atoms. The fraction of sp³-hybridized carbons (Fsp3) is 0.273. The quantitative estimate of drug-likeness (QED) is 0.559. The first-order chi connectivity index (χ1) is 7.19. The Balaban J connectivity index is 2.82. The molecule has 1 amide bonds. The van der Waals surface area contributed by atoms with E-state index in [9.17, 15) is 9.18 Å². The van der Waals surface area contributed by atoms with Crippen molar-refractivity contribution in [2.45, 2.75) is 6.92 Å². The van der Waals surface area contributed by atoms with Crippen LogP contribution in [0.15, 0.2) is 31.0 Å². The lowest BCUT2D eigenvalue weighted by molar-refractivity contribution is 0.0781. The van der Waals surface area contributed by atoms with Gasteiger partial charge in [0.25, 0.3) is 5.91 Å². The lowest BCUT2D eigenvalue weighted by Crippen LogP contribution is -2.30. The molecule has 4 heteroatoms. The Bertz CT molecular complexity index is 348. The Morgan fingerprint density at radius 1 is 1.67 bits per heavy atom. The van der Waals surface area contributed by atoms with Gasteiger partial charge in [0, 0.05) is 19.3 Å². The molecule has 1 heterocycles. The molecule has 0 N–H and O–H groups in total. The van der Waals surface area contributed by atoms with Gasteiger partial charge in [-0.15, -0.1) is 6.58 Å². The lowest BCUT2D eigenvalue weighted by atomic mass is 10.2. The Labute approximate surface area is 88.2 Å². The van der Waals surface area contributed by atoms with Crippen molar-refractivity contribution in [1.82, 2.24) is 9.88 Å². The Morgan fingerprint density at radius 2 is 2.40 bits per heavy atom. The number of pyridine rings is 1. The van der Waals surface area contributed by atoms with E-state index in [-0.39, 0.29) is 5.91 Å². The Hall–Kier alpha value is -1.71. The van der Waals surface area contributed by atoms with Crippen molar-refractivity contribution in [3.05, 3.63) is 42.5 Å². The van der Waals surface area contributed by atoms with Crippen molar-refractivity contribution >= 4 is 5.91 Å². The predicted molar refractivity (Wildman–Crippen MR) is 56.0 cm³/mol. The summed E-state index contributed by atoms with van der Waals surface area (Å²) in [4.78, 5) is 16.8. The number of carbonyl (C=O) groups is 1. The van der Waals surface area contributed by atoms with Gasteiger partial charge < -0.3 is 4.90 Å². The zero-order valence-corrected chi connectivity index (χ0v) is 8.61. The normalized spacial score (nSPS) is 9.73. The maximum absolute atomic E-state index is 12.5. The highest BCUT2D eigenvalue weighted by atomic mass is 19.1. The summed E-state index contributed by atoms with van der Waals surface area (Å²) >= 11 is 0. The van der Waals surface area contributed by atoms with E-state index >= 15 is 0 Å². The fourth-order valence-corrected chi connectivity index (χ4v) is 1.20. The largest absolute Gasteiger partial charge is 0.335 e. The van der Waals surface area contributed by atoms with Gasteiger partial charge in [0.2, 0.25) is 5.95 Å². The van der Waals surface area contributed by atoms with Crippen LogP contribution in [0, 0.1) is 5.95 Å². The minimum atomic E-state index is -0.585. The molecule has 0 aliphatic heterocycles. The number of rotatable bonds is 4. The molecular weight excluding hydrogens is 195 g/mol. The third kappa shape index (κ3) is 2.87. The Kier molecular flexibility index (Phi) is 3.97. The van der Waals surface area contributed by atoms with E-state index in [1.165, 1.54) is 18.3 Å². The topological polar surface area (TPSA) is 33.2 Å². The van der Waals surface area contributed by atoms with Crippen LogP contribution in [0.2, 0.25) is 0 Å². The van der Waals surface area contributed by atoms with E-state index in [1.807, 2.05) is 6.92 Å². The van der Waals surface area contributed by atoms with Crippen molar-refractivity contribution in [3.8, 4) is 0 Å². The second-order valence-electron chi connectivity index (χ2n) is 3.00. The van der Waals surface area contributed by atoms with Gasteiger partial charge in [-0.2, -0.15) is 4.39 Å². The summed E-state index contributed by atoms with van der Waals surface area (Å²) in [5.74, 6) is -0.747. The van der Waals surface area contributed by atoms with E-state index in [2.05, 4.69) is 11.6 Å². The smallest absolute Gasteiger partial charge is 0.255 e. The first kappa shape index (κ1) is 11.4. The van der Waals surface area contributed by atoms with E-state index in [0.29, 0.717) is 18.7 Å². The highest BCUT2D eigenvalue weighted by Gasteiger charge is 2.12. The van der Waals surface area contributed by atoms with Gasteiger partial charge in [0.1, 0.15) is 0 Å². The molecule has 0 aliphatic carbocycles. The minimum absolute atomic E-state index is 0.162. The molecule has 0 spiro atoms. The van der Waals surface area contributed by atoms with Crippen molar-refractivity contribution in [1.29, 1.82) is 0 Å². The van der Waals surface area contributed by atoms with Gasteiger partial charge in [-0.25, -0.2) is 4.98 Å². The van der Waals surface area contributed by atoms with E-state index < -0.39 is 5.95 Å². The third-order valence-corrected chi connectivity index (χ3v) is 1.99. The summed E-state index contributed by atoms with van der Waals surface area (Å²) in [6.07, 6.45) is 2.89. The SMILES string of the molecule is C=CCN(CC)C(=O)c1ccc(F)nc1. The third-order valence-electron chi connectivity index (χ3n) is 1.99. The number of likely N-dealkylation sites (N-methyl/N-ethyl adjacent to an activating group) is 1. The van der Waals surface area contributed by atoms with Crippen LogP contribution in [0.4, 0.5) is 4.39 Å². The van der Waals surface area contributed by atoms with E-state index in [4.69, 9.17) is 0 Å². The number of halogens is 1. The van der Waals surface area contributed by atoms with Crippen LogP contribution in [0.25, 0.3) is 0 Å². The summed E-state index contributed by atoms with van der Waals surface area (Å²) < 4.78 is 12.5. The molecule has 0 aliphatic rings. The van der Waals surface area contributed by atoms with Crippen molar-refractivity contribution < 1.29 is 9.18 Å². The van der Waals surface area contributed by atoms with Crippen LogP contribution in [0.1, 0.15) is 17.3 Å². The number of aromatic nitrogens is 1. The molecular formula is C11H13FN2O. The van der Waals surface area contributed by atoms with E-state index in [0.717, 1.165) is 0 Å². The molecule has 1 aromatic heterocycles. The molecule has 3 nitrogen and oxygen atoms in total. The van der Waals surface area contributed by atoms with Crippen LogP contribution in [-0.4, -0.2) is 28.9 Å². The summed E-state index contributed by atoms with van der Waals surface area (Å²) in [7, 11) is 0. The van der Waals surface area contributed by atoms with Gasteiger partial charge in [0.05, 0.1) is 5.56 Å². The molecule has 0 unspecified atom stereocenters. The van der Waals surface area contributed by atoms with Gasteiger partial charge in [-0.3, -0.25) is 4.79 Å². The molecule has 0 radical (unpaired) electrons. The number of carbonyl (C=O) groups excluding carboxylic acids is 1. The number of nitrogens with zero attached hydrogens (tertiary/aromatic N) is 2. The molecule has 1 rings (SSSR count). The standard InChI is InChI=1S/C11H13FN2O/c1-3-7-14(4-2)11(15)9-5-6-10(12)13-8-9/h3,5-6,8H,1,4,7H2,2H3. The van der Waals surface area contributed by atoms with Crippen LogP contribution >= 0.6 is 0 Å². The van der Waals surface area contributed by atoms with Gasteiger partial charge in [-0.05, 0) is 19.1 Å². The predicted octanol–water partition coefficient (Wildman–Crippen LogP) is 1.87. The maximum Gasteiger partial charge on any atom is 0.255 e. The summed E-state index contributed by atoms with van der Waals surface area (Å²) in [5.41, 5.74) is 0.389. The molecule has 0 saturated heterocycles. The van der Waals surface area contributed by atoms with Crippen LogP contribution in [0.5, 0.6) is 0 Å². The molecule has 0 fully saturated rings. The minimum Gasteiger partial charge on any atom is -0.335 e. The average molecular weight is 208 g/mol. The summed E-state index contributed by atoms with van der Waals surface area (Å²) in [5, 5.41) is 0. The number of hydrogen-bond acceptors (Lipinski definition) is 2. The zero-order valence-electron chi connectivity index (χ0n) is 8.61. The highest BCUT2D eigenvalue weighted by Crippen LogP contribution is 2.04. The fourth-order valence-electron chi connectivity index (χ4n) is 1.20. The maximum atomic E-state index is 12.5. The zero-order chi connectivity index (χ0) is 11.3. The first-order valence-corrected chi connectivity index (χ1v) is 4.70. The van der Waals surface area contributed by atoms with Crippen molar-refractivity contribution in [3.63, 3.8) is 0 Å². The number of amides is 1. The first-order valence-electron chi connectivity index (χ1n) is 4.70. The van der Waals surface area contributed by atoms with E-state index in [1.54, 1.807) is 11.0 Å². The molecule has 1 aromatic rings. The van der Waals surface area contributed by atoms with Crippen LogP contribution in [-0.2, 0) is 0 Å². The van der Waals surface area contributed by atoms with Gasteiger partial charge in [-0.1, -0.05) is 6.08 Å². The lowest BCUT2D eigenvalue weighted by Gasteiger charge is -2.18. The molecule has 0 atom stereocenters. The van der Waals surface area contributed by atoms with Gasteiger partial charge >= 0.3 is 0 Å². The average Bonchev–Trinajstić information content (AvgIpc) is 2.26. The van der Waals surface area contributed by atoms with Gasteiger partial charge in [0.15, 0.2) is 0 Å². The Morgan fingerprint density at radius 3 is 2.87 bits per heavy atom. The number of hydrogen-bond donors (Lipinski definition) is 0. The summed E-state index contributed by atoms with van der Waals surface area (Å²) in [6.45, 7) is 6.51. The highest BCUT2D eigenvalue weighted by molar-refractivity contribution is 5.93. The van der Waals surface area contributed by atoms with Crippen molar-refractivity contribution in [2.75, 3.05) is 13.1 Å². The molecule has 0 aromatic carbocycles. The monoisotopic (exact) mass is 208 g/mol.